The molecule has 0 bridgehead atoms. The fourth-order valence-corrected chi connectivity index (χ4v) is 1.67. The molecule has 1 amide bonds. The summed E-state index contributed by atoms with van der Waals surface area (Å²) in [5.41, 5.74) is 9.56. The molecule has 0 aliphatic rings. The van der Waals surface area contributed by atoms with Crippen molar-refractivity contribution in [3.63, 3.8) is 0 Å². The molecule has 0 heterocycles. The molecule has 0 saturated carbocycles. The Bertz CT molecular complexity index is 668. The molecule has 0 saturated heterocycles. The van der Waals surface area contributed by atoms with Crippen LogP contribution in [0.4, 0.5) is 28.4 Å². The first kappa shape index (κ1) is 14.6. The number of nitrogens with zero attached hydrogens (tertiary/aromatic N) is 2. The van der Waals surface area contributed by atoms with Crippen molar-refractivity contribution in [2.75, 3.05) is 11.1 Å². The average molecular weight is 286 g/mol. The van der Waals surface area contributed by atoms with E-state index in [-0.39, 0.29) is 5.91 Å². The van der Waals surface area contributed by atoms with Gasteiger partial charge in [0.25, 0.3) is 0 Å². The minimum atomic E-state index is -0.208. The summed E-state index contributed by atoms with van der Waals surface area (Å²) in [6, 6.07) is 11.9. The predicted octanol–water partition coefficient (Wildman–Crippen LogP) is 2.23. The van der Waals surface area contributed by atoms with E-state index in [1.165, 1.54) is 6.92 Å². The third-order valence-corrected chi connectivity index (χ3v) is 2.65. The maximum absolute atomic E-state index is 11.2. The number of benzene rings is 2. The highest BCUT2D eigenvalue weighted by atomic mass is 16.5. The third kappa shape index (κ3) is 4.10. The van der Waals surface area contributed by atoms with E-state index in [4.69, 9.17) is 10.9 Å². The van der Waals surface area contributed by atoms with Gasteiger partial charge in [-0.2, -0.15) is 10.6 Å². The maximum Gasteiger partial charge on any atom is 0.221 e. The van der Waals surface area contributed by atoms with Gasteiger partial charge in [-0.25, -0.2) is 5.21 Å². The van der Waals surface area contributed by atoms with Crippen LogP contribution >= 0.6 is 0 Å². The van der Waals surface area contributed by atoms with Gasteiger partial charge in [0.05, 0.1) is 11.4 Å². The Morgan fingerprint density at radius 1 is 1.19 bits per heavy atom. The second-order valence-electron chi connectivity index (χ2n) is 4.38. The number of amides is 1. The summed E-state index contributed by atoms with van der Waals surface area (Å²) < 4.78 is 0. The van der Waals surface area contributed by atoms with Gasteiger partial charge in [0.2, 0.25) is 5.91 Å². The number of carbonyl (C=O) groups is 1. The number of azo groups is 1. The maximum atomic E-state index is 11.2. The third-order valence-electron chi connectivity index (χ3n) is 2.65. The largest absolute Gasteiger partial charge is 0.399 e. The van der Waals surface area contributed by atoms with Gasteiger partial charge in [-0.05, 0) is 30.3 Å². The minimum absolute atomic E-state index is 0.208. The summed E-state index contributed by atoms with van der Waals surface area (Å²) in [6.45, 7) is 1.41. The van der Waals surface area contributed by atoms with Crippen LogP contribution in [0.3, 0.4) is 0 Å². The number of hydrogen-bond donors (Lipinski definition) is 4. The van der Waals surface area contributed by atoms with E-state index in [2.05, 4.69) is 15.5 Å². The highest BCUT2D eigenvalue weighted by molar-refractivity contribution is 5.92. The number of nitrogens with one attached hydrogen (secondary N) is 1. The van der Waals surface area contributed by atoms with E-state index in [0.717, 1.165) is 5.48 Å². The topological polar surface area (TPSA) is 117 Å². The molecule has 0 spiro atoms. The van der Waals surface area contributed by atoms with Crippen molar-refractivity contribution >= 4 is 34.3 Å². The fourth-order valence-electron chi connectivity index (χ4n) is 1.67. The lowest BCUT2D eigenvalue weighted by Crippen LogP contribution is -2.73. The zero-order chi connectivity index (χ0) is 15.2. The number of hydrogen-bond acceptors (Lipinski definition) is 5. The number of nitrogen functional groups attached to an aromatic ring is 1. The van der Waals surface area contributed by atoms with E-state index in [1.54, 1.807) is 42.5 Å². The van der Waals surface area contributed by atoms with Crippen molar-refractivity contribution in [3.05, 3.63) is 42.5 Å². The molecule has 0 radical (unpaired) electrons. The van der Waals surface area contributed by atoms with Gasteiger partial charge in [0.1, 0.15) is 5.69 Å². The van der Waals surface area contributed by atoms with Gasteiger partial charge in [0.15, 0.2) is 5.69 Å². The van der Waals surface area contributed by atoms with Gasteiger partial charge in [-0.15, -0.1) is 5.11 Å². The molecule has 0 aliphatic carbocycles. The second kappa shape index (κ2) is 6.60. The Morgan fingerprint density at radius 3 is 2.52 bits per heavy atom. The van der Waals surface area contributed by atoms with Crippen molar-refractivity contribution in [2.24, 2.45) is 10.2 Å². The zero-order valence-corrected chi connectivity index (χ0v) is 11.4. The molecule has 2 rings (SSSR count). The van der Waals surface area contributed by atoms with Crippen molar-refractivity contribution in [1.29, 1.82) is 0 Å². The number of nitrogens with two attached hydrogens (primary N) is 2. The molecular weight excluding hydrogens is 270 g/mol. The minimum Gasteiger partial charge on any atom is -0.399 e. The predicted molar refractivity (Wildman–Crippen MR) is 79.1 cm³/mol. The van der Waals surface area contributed by atoms with Gasteiger partial charge in [0, 0.05) is 24.7 Å². The van der Waals surface area contributed by atoms with Crippen LogP contribution in [0.25, 0.3) is 0 Å². The number of carbonyl (C=O) groups excluding carboxylic acids is 1. The van der Waals surface area contributed by atoms with Crippen molar-refractivity contribution < 1.29 is 15.5 Å². The van der Waals surface area contributed by atoms with E-state index >= 15 is 0 Å². The lowest BCUT2D eigenvalue weighted by atomic mass is 10.2. The van der Waals surface area contributed by atoms with E-state index in [9.17, 15) is 4.79 Å². The smallest absolute Gasteiger partial charge is 0.221 e. The molecule has 108 valence electrons. The normalized spacial score (nSPS) is 10.8. The first-order chi connectivity index (χ1) is 10.1. The number of anilines is 2. The Labute approximate surface area is 121 Å². The summed E-state index contributed by atoms with van der Waals surface area (Å²) in [5.74, 6) is -0.208. The molecule has 7 heteroatoms. The zero-order valence-electron chi connectivity index (χ0n) is 11.4. The van der Waals surface area contributed by atoms with Crippen LogP contribution in [0.2, 0.25) is 0 Å². The molecule has 2 aromatic rings. The van der Waals surface area contributed by atoms with Crippen LogP contribution in [0.15, 0.2) is 52.7 Å². The first-order valence-electron chi connectivity index (χ1n) is 6.25. The summed E-state index contributed by atoms with van der Waals surface area (Å²) >= 11 is 0. The number of quaternary nitrogens is 1. The quantitative estimate of drug-likeness (QED) is 0.392. The second-order valence-corrected chi connectivity index (χ2v) is 4.38. The molecule has 21 heavy (non-hydrogen) atoms. The van der Waals surface area contributed by atoms with Gasteiger partial charge in [-0.1, -0.05) is 0 Å². The molecule has 0 aliphatic heterocycles. The highest BCUT2D eigenvalue weighted by Crippen LogP contribution is 2.29. The van der Waals surface area contributed by atoms with E-state index < -0.39 is 0 Å². The Kier molecular flexibility index (Phi) is 4.60. The molecule has 6 N–H and O–H groups in total. The summed E-state index contributed by atoms with van der Waals surface area (Å²) in [5, 5.41) is 19.7. The monoisotopic (exact) mass is 286 g/mol. The van der Waals surface area contributed by atoms with Crippen molar-refractivity contribution in [3.8, 4) is 0 Å². The van der Waals surface area contributed by atoms with Gasteiger partial charge < -0.3 is 11.1 Å². The van der Waals surface area contributed by atoms with Crippen molar-refractivity contribution in [2.45, 2.75) is 6.92 Å². The lowest BCUT2D eigenvalue weighted by molar-refractivity contribution is -0.825. The Morgan fingerprint density at radius 2 is 1.90 bits per heavy atom. The average Bonchev–Trinajstić information content (AvgIpc) is 2.46. The number of rotatable bonds is 4. The SMILES string of the molecule is CC(=O)Nc1cc(N)ccc1N=Nc1ccc([NH2+]O)cc1. The Balaban J connectivity index is 2.24. The molecule has 2 aromatic carbocycles. The van der Waals surface area contributed by atoms with Crippen LogP contribution in [-0.2, 0) is 4.79 Å². The van der Waals surface area contributed by atoms with Crippen LogP contribution in [0, 0.1) is 0 Å². The molecule has 0 unspecified atom stereocenters. The van der Waals surface area contributed by atoms with Crippen LogP contribution in [-0.4, -0.2) is 11.1 Å². The van der Waals surface area contributed by atoms with Crippen LogP contribution < -0.4 is 16.5 Å². The highest BCUT2D eigenvalue weighted by Gasteiger charge is 2.04. The summed E-state index contributed by atoms with van der Waals surface area (Å²) in [7, 11) is 0. The molecular formula is C14H16N5O2+. The van der Waals surface area contributed by atoms with E-state index in [1.807, 2.05) is 0 Å². The lowest BCUT2D eigenvalue weighted by Gasteiger charge is -2.06. The molecule has 0 fully saturated rings. The fraction of sp³-hybridized carbons (Fsp3) is 0.0714. The summed E-state index contributed by atoms with van der Waals surface area (Å²) in [6.07, 6.45) is 0. The first-order valence-corrected chi connectivity index (χ1v) is 6.25. The van der Waals surface area contributed by atoms with Gasteiger partial charge >= 0.3 is 0 Å². The van der Waals surface area contributed by atoms with E-state index in [0.29, 0.717) is 28.4 Å². The van der Waals surface area contributed by atoms with Crippen LogP contribution in [0.5, 0.6) is 0 Å². The molecule has 0 aromatic heterocycles. The van der Waals surface area contributed by atoms with Gasteiger partial charge in [-0.3, -0.25) is 4.79 Å². The molecule has 7 nitrogen and oxygen atoms in total. The summed E-state index contributed by atoms with van der Waals surface area (Å²) in [4.78, 5) is 11.2. The van der Waals surface area contributed by atoms with Crippen molar-refractivity contribution in [1.82, 2.24) is 0 Å². The standard InChI is InChI=1S/C14H15N5O2/c1-9(20)16-14-8-10(15)2-7-13(14)18-17-11-3-5-12(19-21)6-4-11/h2-8,19,21H,15H2,1H3,(H,16,20)/p+1. The van der Waals surface area contributed by atoms with Crippen LogP contribution in [0.1, 0.15) is 6.92 Å². The Hall–Kier alpha value is -2.77. The molecule has 0 atom stereocenters.